The summed E-state index contributed by atoms with van der Waals surface area (Å²) in [4.78, 5) is 15.9. The Morgan fingerprint density at radius 2 is 2.21 bits per heavy atom. The van der Waals surface area contributed by atoms with E-state index in [9.17, 15) is 4.79 Å². The number of fused-ring (bicyclic) bond motifs is 1. The first kappa shape index (κ1) is 16.4. The van der Waals surface area contributed by atoms with Gasteiger partial charge in [-0.05, 0) is 30.7 Å². The summed E-state index contributed by atoms with van der Waals surface area (Å²) in [7, 11) is 0. The Hall–Kier alpha value is -2.48. The minimum absolute atomic E-state index is 0.0200. The molecular formula is C16H18N6OS. The second-order valence-electron chi connectivity index (χ2n) is 5.20. The molecule has 3 rings (SSSR count). The largest absolute Gasteiger partial charge is 0.355 e. The van der Waals surface area contributed by atoms with Gasteiger partial charge in [-0.2, -0.15) is 9.61 Å². The van der Waals surface area contributed by atoms with E-state index in [1.807, 2.05) is 24.3 Å². The second kappa shape index (κ2) is 7.87. The summed E-state index contributed by atoms with van der Waals surface area (Å²) in [5.41, 5.74) is 1.50. The summed E-state index contributed by atoms with van der Waals surface area (Å²) in [6.07, 6.45) is 5.49. The zero-order chi connectivity index (χ0) is 16.8. The van der Waals surface area contributed by atoms with Gasteiger partial charge in [0.05, 0.1) is 5.75 Å². The monoisotopic (exact) mass is 342 g/mol. The molecule has 124 valence electrons. The second-order valence-corrected chi connectivity index (χ2v) is 6.19. The van der Waals surface area contributed by atoms with E-state index in [0.29, 0.717) is 17.2 Å². The predicted molar refractivity (Wildman–Crippen MR) is 92.7 cm³/mol. The van der Waals surface area contributed by atoms with E-state index in [2.05, 4.69) is 32.5 Å². The number of unbranched alkanes of at least 4 members (excludes halogenated alkanes) is 1. The molecule has 24 heavy (non-hydrogen) atoms. The van der Waals surface area contributed by atoms with E-state index in [0.717, 1.165) is 30.0 Å². The highest BCUT2D eigenvalue weighted by Gasteiger charge is 2.11. The lowest BCUT2D eigenvalue weighted by atomic mass is 10.3. The van der Waals surface area contributed by atoms with Gasteiger partial charge < -0.3 is 5.32 Å². The van der Waals surface area contributed by atoms with Gasteiger partial charge in [0.25, 0.3) is 0 Å². The van der Waals surface area contributed by atoms with Crippen LogP contribution in [0.2, 0.25) is 0 Å². The Kier molecular flexibility index (Phi) is 5.37. The number of carbonyl (C=O) groups is 1. The average molecular weight is 342 g/mol. The zero-order valence-electron chi connectivity index (χ0n) is 13.3. The lowest BCUT2D eigenvalue weighted by Crippen LogP contribution is -2.26. The molecule has 0 aromatic carbocycles. The molecule has 0 aliphatic heterocycles. The molecule has 0 atom stereocenters. The van der Waals surface area contributed by atoms with Crippen molar-refractivity contribution in [2.45, 2.75) is 24.8 Å². The van der Waals surface area contributed by atoms with Crippen LogP contribution in [-0.2, 0) is 4.79 Å². The molecule has 3 heterocycles. The third kappa shape index (κ3) is 3.88. The fourth-order valence-electron chi connectivity index (χ4n) is 2.12. The van der Waals surface area contributed by atoms with Gasteiger partial charge in [0, 0.05) is 24.5 Å². The summed E-state index contributed by atoms with van der Waals surface area (Å²) in [5, 5.41) is 16.5. The van der Waals surface area contributed by atoms with Crippen LogP contribution in [0.5, 0.6) is 0 Å². The maximum Gasteiger partial charge on any atom is 0.230 e. The Morgan fingerprint density at radius 3 is 3.00 bits per heavy atom. The SMILES string of the molecule is CCCCNC(=O)CSc1ccc2nnc(-c3cccnc3)n2n1. The van der Waals surface area contributed by atoms with E-state index in [4.69, 9.17) is 0 Å². The van der Waals surface area contributed by atoms with Gasteiger partial charge in [-0.25, -0.2) is 0 Å². The fourth-order valence-corrected chi connectivity index (χ4v) is 2.80. The first-order valence-corrected chi connectivity index (χ1v) is 8.79. The molecule has 0 saturated carbocycles. The molecule has 3 aromatic rings. The summed E-state index contributed by atoms with van der Waals surface area (Å²) in [6, 6.07) is 7.44. The van der Waals surface area contributed by atoms with E-state index in [-0.39, 0.29) is 5.91 Å². The summed E-state index contributed by atoms with van der Waals surface area (Å²) < 4.78 is 1.67. The van der Waals surface area contributed by atoms with Crippen molar-refractivity contribution in [3.8, 4) is 11.4 Å². The molecule has 0 aliphatic rings. The molecule has 1 amide bonds. The number of hydrogen-bond acceptors (Lipinski definition) is 6. The number of nitrogens with one attached hydrogen (secondary N) is 1. The Labute approximate surface area is 143 Å². The Balaban J connectivity index is 1.73. The Bertz CT molecular complexity index is 820. The van der Waals surface area contributed by atoms with Gasteiger partial charge >= 0.3 is 0 Å². The lowest BCUT2D eigenvalue weighted by Gasteiger charge is -2.04. The van der Waals surface area contributed by atoms with Crippen LogP contribution in [0.3, 0.4) is 0 Å². The standard InChI is InChI=1S/C16H18N6OS/c1-2-3-9-18-14(23)11-24-15-7-6-13-19-20-16(22(13)21-15)12-5-4-8-17-10-12/h4-8,10H,2-3,9,11H2,1H3,(H,18,23). The molecule has 7 nitrogen and oxygen atoms in total. The highest BCUT2D eigenvalue weighted by Crippen LogP contribution is 2.19. The van der Waals surface area contributed by atoms with Crippen LogP contribution in [0.15, 0.2) is 41.7 Å². The van der Waals surface area contributed by atoms with Gasteiger partial charge in [0.1, 0.15) is 5.03 Å². The molecule has 0 bridgehead atoms. The summed E-state index contributed by atoms with van der Waals surface area (Å²) in [6.45, 7) is 2.82. The van der Waals surface area contributed by atoms with Crippen LogP contribution in [0, 0.1) is 0 Å². The predicted octanol–water partition coefficient (Wildman–Crippen LogP) is 2.19. The molecule has 0 radical (unpaired) electrons. The molecular weight excluding hydrogens is 324 g/mol. The van der Waals surface area contributed by atoms with Crippen molar-refractivity contribution in [3.05, 3.63) is 36.7 Å². The van der Waals surface area contributed by atoms with Crippen LogP contribution in [0.25, 0.3) is 17.0 Å². The maximum atomic E-state index is 11.8. The van der Waals surface area contributed by atoms with E-state index < -0.39 is 0 Å². The van der Waals surface area contributed by atoms with Crippen LogP contribution >= 0.6 is 11.8 Å². The Morgan fingerprint density at radius 1 is 1.29 bits per heavy atom. The topological polar surface area (TPSA) is 85.1 Å². The molecule has 3 aromatic heterocycles. The summed E-state index contributed by atoms with van der Waals surface area (Å²) in [5.74, 6) is 0.992. The van der Waals surface area contributed by atoms with Crippen molar-refractivity contribution in [1.29, 1.82) is 0 Å². The number of aromatic nitrogens is 5. The number of pyridine rings is 1. The van der Waals surface area contributed by atoms with Crippen molar-refractivity contribution in [1.82, 2.24) is 30.1 Å². The first-order valence-electron chi connectivity index (χ1n) is 7.80. The van der Waals surface area contributed by atoms with Gasteiger partial charge in [-0.1, -0.05) is 25.1 Å². The van der Waals surface area contributed by atoms with Crippen molar-refractivity contribution >= 4 is 23.3 Å². The first-order chi connectivity index (χ1) is 11.8. The molecule has 0 unspecified atom stereocenters. The quantitative estimate of drug-likeness (QED) is 0.523. The van der Waals surface area contributed by atoms with Gasteiger partial charge in [-0.3, -0.25) is 9.78 Å². The molecule has 0 saturated heterocycles. The van der Waals surface area contributed by atoms with Gasteiger partial charge in [-0.15, -0.1) is 10.2 Å². The van der Waals surface area contributed by atoms with E-state index >= 15 is 0 Å². The third-order valence-corrected chi connectivity index (χ3v) is 4.28. The normalized spacial score (nSPS) is 10.9. The highest BCUT2D eigenvalue weighted by molar-refractivity contribution is 7.99. The minimum Gasteiger partial charge on any atom is -0.355 e. The maximum absolute atomic E-state index is 11.8. The average Bonchev–Trinajstić information content (AvgIpc) is 3.04. The van der Waals surface area contributed by atoms with Crippen molar-refractivity contribution in [2.24, 2.45) is 0 Å². The molecule has 0 spiro atoms. The molecule has 1 N–H and O–H groups in total. The van der Waals surface area contributed by atoms with Crippen molar-refractivity contribution < 1.29 is 4.79 Å². The number of rotatable bonds is 7. The van der Waals surface area contributed by atoms with Crippen LogP contribution < -0.4 is 5.32 Å². The number of carbonyl (C=O) groups excluding carboxylic acids is 1. The highest BCUT2D eigenvalue weighted by atomic mass is 32.2. The van der Waals surface area contributed by atoms with Gasteiger partial charge in [0.15, 0.2) is 11.5 Å². The van der Waals surface area contributed by atoms with Crippen molar-refractivity contribution in [3.63, 3.8) is 0 Å². The molecule has 0 aliphatic carbocycles. The lowest BCUT2D eigenvalue weighted by molar-refractivity contribution is -0.118. The smallest absolute Gasteiger partial charge is 0.230 e. The molecule has 0 fully saturated rings. The van der Waals surface area contributed by atoms with Crippen LogP contribution in [0.1, 0.15) is 19.8 Å². The summed E-state index contributed by atoms with van der Waals surface area (Å²) >= 11 is 1.39. The number of thioether (sulfide) groups is 1. The van der Waals surface area contributed by atoms with Crippen LogP contribution in [0.4, 0.5) is 0 Å². The van der Waals surface area contributed by atoms with Gasteiger partial charge in [0.2, 0.25) is 5.91 Å². The fraction of sp³-hybridized carbons (Fsp3) is 0.312. The van der Waals surface area contributed by atoms with Crippen LogP contribution in [-0.4, -0.2) is 43.0 Å². The van der Waals surface area contributed by atoms with Crippen molar-refractivity contribution in [2.75, 3.05) is 12.3 Å². The molecule has 8 heteroatoms. The van der Waals surface area contributed by atoms with E-state index in [1.54, 1.807) is 16.9 Å². The zero-order valence-corrected chi connectivity index (χ0v) is 14.2. The third-order valence-electron chi connectivity index (χ3n) is 3.36. The number of hydrogen-bond donors (Lipinski definition) is 1. The number of amides is 1. The number of nitrogens with zero attached hydrogens (tertiary/aromatic N) is 5. The van der Waals surface area contributed by atoms with E-state index in [1.165, 1.54) is 11.8 Å². The minimum atomic E-state index is 0.0200.